The summed E-state index contributed by atoms with van der Waals surface area (Å²) >= 11 is 0. The van der Waals surface area contributed by atoms with Crippen LogP contribution in [0, 0.1) is 11.3 Å². The number of methoxy groups -OCH3 is 1. The summed E-state index contributed by atoms with van der Waals surface area (Å²) in [5.74, 6) is 0. The van der Waals surface area contributed by atoms with Gasteiger partial charge in [0, 0.05) is 0 Å². The van der Waals surface area contributed by atoms with Crippen molar-refractivity contribution in [2.45, 2.75) is 13.3 Å². The fraction of sp³-hybridized carbons (Fsp3) is 0.500. The highest BCUT2D eigenvalue weighted by molar-refractivity contribution is 5.16. The van der Waals surface area contributed by atoms with Crippen molar-refractivity contribution >= 4 is 0 Å². The molecule has 2 heteroatoms. The minimum absolute atomic E-state index is 0.674. The Kier molecular flexibility index (Phi) is 3.69. The molecule has 0 spiro atoms. The Morgan fingerprint density at radius 2 is 2.50 bits per heavy atom. The predicted octanol–water partition coefficient (Wildman–Crippen LogP) is 1.45. The van der Waals surface area contributed by atoms with E-state index in [1.807, 2.05) is 13.0 Å². The third kappa shape index (κ3) is 2.25. The third-order valence-corrected chi connectivity index (χ3v) is 0.785. The van der Waals surface area contributed by atoms with Crippen molar-refractivity contribution in [1.82, 2.24) is 0 Å². The van der Waals surface area contributed by atoms with Crippen LogP contribution in [0.1, 0.15) is 13.3 Å². The zero-order valence-corrected chi connectivity index (χ0v) is 5.14. The van der Waals surface area contributed by atoms with Crippen LogP contribution in [-0.4, -0.2) is 7.11 Å². The molecule has 2 nitrogen and oxygen atoms in total. The second kappa shape index (κ2) is 4.20. The second-order valence-corrected chi connectivity index (χ2v) is 1.34. The molecule has 0 aliphatic carbocycles. The first kappa shape index (κ1) is 7.03. The number of nitriles is 1. The van der Waals surface area contributed by atoms with E-state index in [0.29, 0.717) is 5.57 Å². The Morgan fingerprint density at radius 1 is 1.88 bits per heavy atom. The first-order valence-electron chi connectivity index (χ1n) is 2.47. The van der Waals surface area contributed by atoms with Gasteiger partial charge in [-0.2, -0.15) is 5.26 Å². The molecule has 0 aromatic carbocycles. The first-order chi connectivity index (χ1) is 3.85. The van der Waals surface area contributed by atoms with Gasteiger partial charge in [0.25, 0.3) is 0 Å². The molecule has 0 radical (unpaired) electrons. The molecule has 0 unspecified atom stereocenters. The normalized spacial score (nSPS) is 10.4. The first-order valence-corrected chi connectivity index (χ1v) is 2.47. The SMILES string of the molecule is CCC(C#N)=COC. The highest BCUT2D eigenvalue weighted by atomic mass is 16.5. The van der Waals surface area contributed by atoms with E-state index in [4.69, 9.17) is 5.26 Å². The smallest absolute Gasteiger partial charge is 0.0979 e. The summed E-state index contributed by atoms with van der Waals surface area (Å²) in [6, 6.07) is 1.99. The highest BCUT2D eigenvalue weighted by Crippen LogP contribution is 1.95. The lowest BCUT2D eigenvalue weighted by molar-refractivity contribution is 0.334. The molecule has 0 aromatic heterocycles. The van der Waals surface area contributed by atoms with Gasteiger partial charge >= 0.3 is 0 Å². The van der Waals surface area contributed by atoms with Crippen LogP contribution in [0.3, 0.4) is 0 Å². The van der Waals surface area contributed by atoms with Crippen LogP contribution in [0.4, 0.5) is 0 Å². The van der Waals surface area contributed by atoms with Gasteiger partial charge in [-0.15, -0.1) is 0 Å². The van der Waals surface area contributed by atoms with Crippen molar-refractivity contribution in [1.29, 1.82) is 5.26 Å². The van der Waals surface area contributed by atoms with Crippen molar-refractivity contribution in [2.24, 2.45) is 0 Å². The second-order valence-electron chi connectivity index (χ2n) is 1.34. The summed E-state index contributed by atoms with van der Waals surface area (Å²) in [6.07, 6.45) is 2.20. The van der Waals surface area contributed by atoms with E-state index < -0.39 is 0 Å². The van der Waals surface area contributed by atoms with Gasteiger partial charge in [-0.25, -0.2) is 0 Å². The maximum atomic E-state index is 8.26. The molecular formula is C6H9NO. The molecule has 0 fully saturated rings. The molecular weight excluding hydrogens is 102 g/mol. The number of hydrogen-bond donors (Lipinski definition) is 0. The Balaban J connectivity index is 3.72. The minimum Gasteiger partial charge on any atom is -0.503 e. The van der Waals surface area contributed by atoms with Gasteiger partial charge in [0.2, 0.25) is 0 Å². The number of ether oxygens (including phenoxy) is 1. The Morgan fingerprint density at radius 3 is 2.62 bits per heavy atom. The fourth-order valence-corrected chi connectivity index (χ4v) is 0.331. The van der Waals surface area contributed by atoms with E-state index >= 15 is 0 Å². The van der Waals surface area contributed by atoms with Crippen LogP contribution in [0.15, 0.2) is 11.8 Å². The Bertz CT molecular complexity index is 121. The largest absolute Gasteiger partial charge is 0.503 e. The number of hydrogen-bond acceptors (Lipinski definition) is 2. The Labute approximate surface area is 49.4 Å². The summed E-state index contributed by atoms with van der Waals surface area (Å²) in [7, 11) is 1.53. The molecule has 0 rings (SSSR count). The molecule has 0 saturated carbocycles. The van der Waals surface area contributed by atoms with Crippen LogP contribution in [0.25, 0.3) is 0 Å². The summed E-state index contributed by atoms with van der Waals surface area (Å²) in [6.45, 7) is 1.91. The molecule has 0 amide bonds. The van der Waals surface area contributed by atoms with Crippen molar-refractivity contribution in [3.8, 4) is 6.07 Å². The number of allylic oxidation sites excluding steroid dienone is 1. The summed E-state index contributed by atoms with van der Waals surface area (Å²) in [4.78, 5) is 0. The van der Waals surface area contributed by atoms with Crippen LogP contribution in [-0.2, 0) is 4.74 Å². The van der Waals surface area contributed by atoms with Crippen LogP contribution in [0.2, 0.25) is 0 Å². The van der Waals surface area contributed by atoms with E-state index in [2.05, 4.69) is 4.74 Å². The van der Waals surface area contributed by atoms with Crippen molar-refractivity contribution in [2.75, 3.05) is 7.11 Å². The van der Waals surface area contributed by atoms with Gasteiger partial charge in [0.1, 0.15) is 0 Å². The molecule has 0 atom stereocenters. The molecule has 0 aliphatic rings. The standard InChI is InChI=1S/C6H9NO/c1-3-6(4-7)5-8-2/h5H,3H2,1-2H3. The Hall–Kier alpha value is -0.970. The van der Waals surface area contributed by atoms with Gasteiger partial charge in [0.05, 0.1) is 25.0 Å². The van der Waals surface area contributed by atoms with E-state index in [-0.39, 0.29) is 0 Å². The molecule has 44 valence electrons. The van der Waals surface area contributed by atoms with Crippen LogP contribution >= 0.6 is 0 Å². The average Bonchev–Trinajstić information content (AvgIpc) is 1.83. The number of rotatable bonds is 2. The molecule has 0 bridgehead atoms. The van der Waals surface area contributed by atoms with Gasteiger partial charge in [-0.05, 0) is 6.42 Å². The fourth-order valence-electron chi connectivity index (χ4n) is 0.331. The topological polar surface area (TPSA) is 33.0 Å². The summed E-state index contributed by atoms with van der Waals surface area (Å²) in [5, 5.41) is 8.26. The molecule has 0 heterocycles. The third-order valence-electron chi connectivity index (χ3n) is 0.785. The van der Waals surface area contributed by atoms with Gasteiger partial charge in [-0.3, -0.25) is 0 Å². The van der Waals surface area contributed by atoms with E-state index in [1.54, 1.807) is 0 Å². The average molecular weight is 111 g/mol. The highest BCUT2D eigenvalue weighted by Gasteiger charge is 1.86. The van der Waals surface area contributed by atoms with Crippen molar-refractivity contribution in [3.05, 3.63) is 11.8 Å². The van der Waals surface area contributed by atoms with Gasteiger partial charge < -0.3 is 4.74 Å². The zero-order chi connectivity index (χ0) is 6.41. The monoisotopic (exact) mass is 111 g/mol. The van der Waals surface area contributed by atoms with Crippen molar-refractivity contribution in [3.63, 3.8) is 0 Å². The van der Waals surface area contributed by atoms with Gasteiger partial charge in [0.15, 0.2) is 0 Å². The van der Waals surface area contributed by atoms with Crippen molar-refractivity contribution < 1.29 is 4.74 Å². The zero-order valence-electron chi connectivity index (χ0n) is 5.14. The van der Waals surface area contributed by atoms with E-state index in [0.717, 1.165) is 6.42 Å². The molecule has 0 aliphatic heterocycles. The lowest BCUT2D eigenvalue weighted by atomic mass is 10.3. The van der Waals surface area contributed by atoms with E-state index in [1.165, 1.54) is 13.4 Å². The maximum absolute atomic E-state index is 8.26. The number of nitrogens with zero attached hydrogens (tertiary/aromatic N) is 1. The molecule has 0 aromatic rings. The van der Waals surface area contributed by atoms with E-state index in [9.17, 15) is 0 Å². The maximum Gasteiger partial charge on any atom is 0.0979 e. The van der Waals surface area contributed by atoms with Gasteiger partial charge in [-0.1, -0.05) is 6.92 Å². The quantitative estimate of drug-likeness (QED) is 0.399. The lowest BCUT2D eigenvalue weighted by Crippen LogP contribution is -1.75. The summed E-state index contributed by atoms with van der Waals surface area (Å²) < 4.78 is 4.60. The van der Waals surface area contributed by atoms with Crippen LogP contribution < -0.4 is 0 Å². The molecule has 0 saturated heterocycles. The van der Waals surface area contributed by atoms with Crippen LogP contribution in [0.5, 0.6) is 0 Å². The molecule has 0 N–H and O–H groups in total. The predicted molar refractivity (Wildman–Crippen MR) is 31.0 cm³/mol. The summed E-state index contributed by atoms with van der Waals surface area (Å²) in [5.41, 5.74) is 0.674. The molecule has 8 heavy (non-hydrogen) atoms. The minimum atomic E-state index is 0.674. The lowest BCUT2D eigenvalue weighted by Gasteiger charge is -1.88.